The first-order valence-corrected chi connectivity index (χ1v) is 8.95. The zero-order chi connectivity index (χ0) is 19.2. The van der Waals surface area contributed by atoms with E-state index >= 15 is 0 Å². The van der Waals surface area contributed by atoms with Crippen molar-refractivity contribution in [3.8, 4) is 0 Å². The van der Waals surface area contributed by atoms with Crippen molar-refractivity contribution in [1.82, 2.24) is 16.0 Å². The van der Waals surface area contributed by atoms with Gasteiger partial charge in [-0.1, -0.05) is 17.7 Å². The molecular formula is C18H26ClN3O4. The Kier molecular flexibility index (Phi) is 7.25. The lowest BCUT2D eigenvalue weighted by Crippen LogP contribution is -2.51. The summed E-state index contributed by atoms with van der Waals surface area (Å²) < 4.78 is 10.5. The molecule has 3 N–H and O–H groups in total. The van der Waals surface area contributed by atoms with E-state index in [9.17, 15) is 9.59 Å². The van der Waals surface area contributed by atoms with Crippen LogP contribution in [0.5, 0.6) is 0 Å². The van der Waals surface area contributed by atoms with Crippen molar-refractivity contribution >= 4 is 23.6 Å². The maximum absolute atomic E-state index is 12.2. The number of ether oxygens (including phenoxy) is 2. The number of hydrogen-bond acceptors (Lipinski definition) is 5. The molecular weight excluding hydrogens is 358 g/mol. The lowest BCUT2D eigenvalue weighted by atomic mass is 10.1. The minimum Gasteiger partial charge on any atom is -0.444 e. The molecule has 2 amide bonds. The Morgan fingerprint density at radius 1 is 1.27 bits per heavy atom. The van der Waals surface area contributed by atoms with Gasteiger partial charge in [0, 0.05) is 24.7 Å². The van der Waals surface area contributed by atoms with Gasteiger partial charge < -0.3 is 25.4 Å². The van der Waals surface area contributed by atoms with Crippen LogP contribution in [0.1, 0.15) is 31.9 Å². The Morgan fingerprint density at radius 2 is 2.00 bits per heavy atom. The summed E-state index contributed by atoms with van der Waals surface area (Å²) in [6.45, 7) is 7.62. The van der Waals surface area contributed by atoms with E-state index in [4.69, 9.17) is 21.1 Å². The van der Waals surface area contributed by atoms with Crippen molar-refractivity contribution in [2.75, 3.05) is 19.8 Å². The van der Waals surface area contributed by atoms with Gasteiger partial charge in [-0.3, -0.25) is 4.79 Å². The molecule has 1 fully saturated rings. The quantitative estimate of drug-likeness (QED) is 0.723. The largest absolute Gasteiger partial charge is 0.444 e. The molecule has 0 bridgehead atoms. The third-order valence-electron chi connectivity index (χ3n) is 3.68. The molecule has 1 saturated heterocycles. The van der Waals surface area contributed by atoms with E-state index in [1.807, 2.05) is 6.07 Å². The zero-order valence-electron chi connectivity index (χ0n) is 15.4. The molecule has 1 aliphatic heterocycles. The first-order valence-electron chi connectivity index (χ1n) is 8.57. The summed E-state index contributed by atoms with van der Waals surface area (Å²) in [5.74, 6) is -0.129. The van der Waals surface area contributed by atoms with E-state index in [1.165, 1.54) is 0 Å². The monoisotopic (exact) mass is 383 g/mol. The summed E-state index contributed by atoms with van der Waals surface area (Å²) in [5.41, 5.74) is 1.13. The van der Waals surface area contributed by atoms with Crippen LogP contribution in [0.25, 0.3) is 0 Å². The van der Waals surface area contributed by atoms with Gasteiger partial charge in [0.25, 0.3) is 0 Å². The first-order chi connectivity index (χ1) is 12.2. The highest BCUT2D eigenvalue weighted by Gasteiger charge is 2.21. The topological polar surface area (TPSA) is 88.7 Å². The van der Waals surface area contributed by atoms with E-state index in [-0.39, 0.29) is 18.5 Å². The zero-order valence-corrected chi connectivity index (χ0v) is 16.1. The average molecular weight is 384 g/mol. The molecule has 1 heterocycles. The molecule has 7 nitrogen and oxygen atoms in total. The van der Waals surface area contributed by atoms with E-state index in [0.29, 0.717) is 31.3 Å². The second-order valence-electron chi connectivity index (χ2n) is 7.07. The summed E-state index contributed by atoms with van der Waals surface area (Å²) in [6, 6.07) is 4.99. The highest BCUT2D eigenvalue weighted by molar-refractivity contribution is 6.30. The van der Waals surface area contributed by atoms with Gasteiger partial charge in [0.2, 0.25) is 5.91 Å². The SMILES string of the molecule is CC(C)(C)OC(=O)NCc1ccc(Cl)cc1CNC(=O)C1COCCN1. The van der Waals surface area contributed by atoms with Crippen molar-refractivity contribution in [3.63, 3.8) is 0 Å². The maximum Gasteiger partial charge on any atom is 0.407 e. The summed E-state index contributed by atoms with van der Waals surface area (Å²) >= 11 is 6.07. The van der Waals surface area contributed by atoms with Crippen LogP contribution in [0, 0.1) is 0 Å². The van der Waals surface area contributed by atoms with Gasteiger partial charge in [0.15, 0.2) is 0 Å². The van der Waals surface area contributed by atoms with Crippen LogP contribution < -0.4 is 16.0 Å². The molecule has 2 rings (SSSR count). The molecule has 0 spiro atoms. The van der Waals surface area contributed by atoms with Crippen LogP contribution in [-0.2, 0) is 27.4 Å². The number of carbonyl (C=O) groups is 2. The molecule has 1 atom stereocenters. The normalized spacial score (nSPS) is 17.5. The third-order valence-corrected chi connectivity index (χ3v) is 3.92. The minimum absolute atomic E-state index is 0.129. The Hall–Kier alpha value is -1.83. The minimum atomic E-state index is -0.560. The van der Waals surface area contributed by atoms with Gasteiger partial charge in [-0.15, -0.1) is 0 Å². The Labute approximate surface area is 158 Å². The van der Waals surface area contributed by atoms with Crippen LogP contribution in [0.3, 0.4) is 0 Å². The van der Waals surface area contributed by atoms with Crippen LogP contribution in [0.2, 0.25) is 5.02 Å². The van der Waals surface area contributed by atoms with Gasteiger partial charge in [-0.25, -0.2) is 4.79 Å². The Morgan fingerprint density at radius 3 is 2.65 bits per heavy atom. The summed E-state index contributed by atoms with van der Waals surface area (Å²) in [6.07, 6.45) is -0.494. The lowest BCUT2D eigenvalue weighted by molar-refractivity contribution is -0.126. The summed E-state index contributed by atoms with van der Waals surface area (Å²) in [7, 11) is 0. The number of nitrogens with one attached hydrogen (secondary N) is 3. The van der Waals surface area contributed by atoms with E-state index in [1.54, 1.807) is 32.9 Å². The average Bonchev–Trinajstić information content (AvgIpc) is 2.58. The predicted molar refractivity (Wildman–Crippen MR) is 99.0 cm³/mol. The van der Waals surface area contributed by atoms with Crippen molar-refractivity contribution in [2.24, 2.45) is 0 Å². The van der Waals surface area contributed by atoms with Gasteiger partial charge in [0.05, 0.1) is 13.2 Å². The smallest absolute Gasteiger partial charge is 0.407 e. The number of halogens is 1. The predicted octanol–water partition coefficient (Wildman–Crippen LogP) is 1.97. The fraction of sp³-hybridized carbons (Fsp3) is 0.556. The van der Waals surface area contributed by atoms with E-state index < -0.39 is 11.7 Å². The molecule has 1 unspecified atom stereocenters. The third kappa shape index (κ3) is 6.82. The van der Waals surface area contributed by atoms with Crippen molar-refractivity contribution in [2.45, 2.75) is 45.5 Å². The van der Waals surface area contributed by atoms with Gasteiger partial charge >= 0.3 is 6.09 Å². The Bertz CT molecular complexity index is 640. The number of rotatable bonds is 5. The number of carbonyl (C=O) groups excluding carboxylic acids is 2. The highest BCUT2D eigenvalue weighted by atomic mass is 35.5. The van der Waals surface area contributed by atoms with Crippen LogP contribution in [0.15, 0.2) is 18.2 Å². The molecule has 0 aliphatic carbocycles. The van der Waals surface area contributed by atoms with Crippen molar-refractivity contribution in [1.29, 1.82) is 0 Å². The molecule has 0 aromatic heterocycles. The molecule has 144 valence electrons. The summed E-state index contributed by atoms with van der Waals surface area (Å²) in [4.78, 5) is 24.0. The van der Waals surface area contributed by atoms with Gasteiger partial charge in [-0.2, -0.15) is 0 Å². The second kappa shape index (κ2) is 9.21. The molecule has 26 heavy (non-hydrogen) atoms. The fourth-order valence-corrected chi connectivity index (χ4v) is 2.65. The number of amides is 2. The second-order valence-corrected chi connectivity index (χ2v) is 7.50. The molecule has 1 aromatic carbocycles. The summed E-state index contributed by atoms with van der Waals surface area (Å²) in [5, 5.41) is 9.27. The number of morpholine rings is 1. The maximum atomic E-state index is 12.2. The molecule has 0 saturated carbocycles. The van der Waals surface area contributed by atoms with Gasteiger partial charge in [-0.05, 0) is 44.0 Å². The van der Waals surface area contributed by atoms with Crippen LogP contribution in [-0.4, -0.2) is 43.4 Å². The van der Waals surface area contributed by atoms with Crippen LogP contribution in [0.4, 0.5) is 4.79 Å². The molecule has 0 radical (unpaired) electrons. The molecule has 8 heteroatoms. The molecule has 1 aliphatic rings. The standard InChI is InChI=1S/C18H26ClN3O4/c1-18(2,3)26-17(24)22-9-12-4-5-14(19)8-13(12)10-21-16(23)15-11-25-7-6-20-15/h4-5,8,15,20H,6-7,9-11H2,1-3H3,(H,21,23)(H,22,24). The Balaban J connectivity index is 1.94. The van der Waals surface area contributed by atoms with Crippen molar-refractivity contribution in [3.05, 3.63) is 34.3 Å². The lowest BCUT2D eigenvalue weighted by Gasteiger charge is -2.23. The van der Waals surface area contributed by atoms with Crippen LogP contribution >= 0.6 is 11.6 Å². The number of benzene rings is 1. The van der Waals surface area contributed by atoms with Crippen molar-refractivity contribution < 1.29 is 19.1 Å². The highest BCUT2D eigenvalue weighted by Crippen LogP contribution is 2.17. The fourth-order valence-electron chi connectivity index (χ4n) is 2.45. The number of alkyl carbamates (subject to hydrolysis) is 1. The van der Waals surface area contributed by atoms with Gasteiger partial charge in [0.1, 0.15) is 11.6 Å². The molecule has 1 aromatic rings. The first kappa shape index (κ1) is 20.5. The van der Waals surface area contributed by atoms with E-state index in [2.05, 4.69) is 16.0 Å². The van der Waals surface area contributed by atoms with E-state index in [0.717, 1.165) is 11.1 Å². The number of hydrogen-bond donors (Lipinski definition) is 3.